The van der Waals surface area contributed by atoms with Gasteiger partial charge < -0.3 is 11.1 Å². The highest BCUT2D eigenvalue weighted by Crippen LogP contribution is 2.26. The quantitative estimate of drug-likeness (QED) is 0.862. The van der Waals surface area contributed by atoms with Crippen molar-refractivity contribution >= 4 is 17.2 Å². The number of nitrogens with two attached hydrogens (primary N) is 1. The molecule has 1 fully saturated rings. The van der Waals surface area contributed by atoms with Gasteiger partial charge in [0.25, 0.3) is 0 Å². The molecule has 1 amide bonds. The maximum absolute atomic E-state index is 12.1. The van der Waals surface area contributed by atoms with Gasteiger partial charge >= 0.3 is 0 Å². The van der Waals surface area contributed by atoms with Crippen molar-refractivity contribution in [2.24, 2.45) is 11.7 Å². The number of nitrogens with one attached hydrogen (secondary N) is 1. The van der Waals surface area contributed by atoms with Gasteiger partial charge in [0.2, 0.25) is 5.91 Å². The molecule has 17 heavy (non-hydrogen) atoms. The van der Waals surface area contributed by atoms with Gasteiger partial charge in [0.1, 0.15) is 0 Å². The van der Waals surface area contributed by atoms with Crippen LogP contribution in [0.3, 0.4) is 0 Å². The highest BCUT2D eigenvalue weighted by molar-refractivity contribution is 7.10. The summed E-state index contributed by atoms with van der Waals surface area (Å²) >= 11 is 1.64. The first-order valence-corrected chi connectivity index (χ1v) is 7.14. The Balaban J connectivity index is 1.92. The Morgan fingerprint density at radius 2 is 2.47 bits per heavy atom. The predicted molar refractivity (Wildman–Crippen MR) is 71.1 cm³/mol. The van der Waals surface area contributed by atoms with Crippen molar-refractivity contribution in [3.8, 4) is 0 Å². The van der Waals surface area contributed by atoms with E-state index in [-0.39, 0.29) is 17.9 Å². The summed E-state index contributed by atoms with van der Waals surface area (Å²) in [6, 6.07) is 4.29. The maximum Gasteiger partial charge on any atom is 0.228 e. The standard InChI is InChI=1S/C13H20N2OS/c1-9(12-6-3-7-17-12)13(16)15-11-5-2-4-10(11)8-14/h3,6-7,9-11H,2,4-5,8,14H2,1H3,(H,15,16). The van der Waals surface area contributed by atoms with Crippen LogP contribution in [-0.4, -0.2) is 18.5 Å². The van der Waals surface area contributed by atoms with E-state index in [1.807, 2.05) is 24.4 Å². The Morgan fingerprint density at radius 1 is 1.65 bits per heavy atom. The molecule has 3 N–H and O–H groups in total. The molecular formula is C13H20N2OS. The first-order valence-electron chi connectivity index (χ1n) is 6.26. The molecule has 0 aromatic carbocycles. The predicted octanol–water partition coefficient (Wildman–Crippen LogP) is 2.10. The highest BCUT2D eigenvalue weighted by atomic mass is 32.1. The molecule has 4 heteroatoms. The van der Waals surface area contributed by atoms with Crippen molar-refractivity contribution in [2.45, 2.75) is 38.1 Å². The molecular weight excluding hydrogens is 232 g/mol. The lowest BCUT2D eigenvalue weighted by molar-refractivity contribution is -0.123. The molecule has 0 aliphatic heterocycles. The minimum Gasteiger partial charge on any atom is -0.352 e. The molecule has 1 aliphatic carbocycles. The lowest BCUT2D eigenvalue weighted by Crippen LogP contribution is -2.41. The fourth-order valence-electron chi connectivity index (χ4n) is 2.48. The van der Waals surface area contributed by atoms with Crippen LogP contribution in [0.25, 0.3) is 0 Å². The third-order valence-corrected chi connectivity index (χ3v) is 4.71. The number of hydrogen-bond acceptors (Lipinski definition) is 3. The second kappa shape index (κ2) is 5.65. The molecule has 1 heterocycles. The molecule has 3 atom stereocenters. The Bertz CT molecular complexity index is 364. The fourth-order valence-corrected chi connectivity index (χ4v) is 3.27. The van der Waals surface area contributed by atoms with E-state index in [2.05, 4.69) is 5.32 Å². The lowest BCUT2D eigenvalue weighted by Gasteiger charge is -2.21. The van der Waals surface area contributed by atoms with Crippen LogP contribution in [0.4, 0.5) is 0 Å². The van der Waals surface area contributed by atoms with Crippen molar-refractivity contribution in [1.29, 1.82) is 0 Å². The van der Waals surface area contributed by atoms with Gasteiger partial charge in [-0.25, -0.2) is 0 Å². The summed E-state index contributed by atoms with van der Waals surface area (Å²) in [6.07, 6.45) is 3.40. The molecule has 0 saturated heterocycles. The van der Waals surface area contributed by atoms with Crippen molar-refractivity contribution in [3.05, 3.63) is 22.4 Å². The van der Waals surface area contributed by atoms with Crippen LogP contribution < -0.4 is 11.1 Å². The number of carbonyl (C=O) groups is 1. The zero-order valence-electron chi connectivity index (χ0n) is 10.2. The van der Waals surface area contributed by atoms with E-state index in [9.17, 15) is 4.79 Å². The Morgan fingerprint density at radius 3 is 3.12 bits per heavy atom. The minimum absolute atomic E-state index is 0.0472. The van der Waals surface area contributed by atoms with Crippen LogP contribution in [0.5, 0.6) is 0 Å². The van der Waals surface area contributed by atoms with Crippen LogP contribution in [-0.2, 0) is 4.79 Å². The van der Waals surface area contributed by atoms with Crippen molar-refractivity contribution < 1.29 is 4.79 Å². The molecule has 1 aromatic heterocycles. The second-order valence-corrected chi connectivity index (χ2v) is 5.76. The molecule has 0 spiro atoms. The van der Waals surface area contributed by atoms with Gasteiger partial charge in [-0.1, -0.05) is 12.5 Å². The normalized spacial score (nSPS) is 25.8. The molecule has 3 nitrogen and oxygen atoms in total. The zero-order valence-corrected chi connectivity index (χ0v) is 11.0. The van der Waals surface area contributed by atoms with E-state index < -0.39 is 0 Å². The smallest absolute Gasteiger partial charge is 0.228 e. The summed E-state index contributed by atoms with van der Waals surface area (Å²) in [5.41, 5.74) is 5.72. The minimum atomic E-state index is -0.0472. The van der Waals surface area contributed by atoms with Crippen LogP contribution >= 0.6 is 11.3 Å². The number of carbonyl (C=O) groups excluding carboxylic acids is 1. The number of hydrogen-bond donors (Lipinski definition) is 2. The number of amides is 1. The van der Waals surface area contributed by atoms with Gasteiger partial charge in [0.15, 0.2) is 0 Å². The van der Waals surface area contributed by atoms with Crippen LogP contribution in [0.2, 0.25) is 0 Å². The maximum atomic E-state index is 12.1. The van der Waals surface area contributed by atoms with Gasteiger partial charge in [-0.2, -0.15) is 0 Å². The second-order valence-electron chi connectivity index (χ2n) is 4.78. The summed E-state index contributed by atoms with van der Waals surface area (Å²) in [5.74, 6) is 0.557. The zero-order chi connectivity index (χ0) is 12.3. The number of thiophene rings is 1. The van der Waals surface area contributed by atoms with Crippen molar-refractivity contribution in [1.82, 2.24) is 5.32 Å². The summed E-state index contributed by atoms with van der Waals surface area (Å²) in [5, 5.41) is 5.17. The molecule has 1 saturated carbocycles. The summed E-state index contributed by atoms with van der Waals surface area (Å²) in [4.78, 5) is 13.2. The monoisotopic (exact) mass is 252 g/mol. The van der Waals surface area contributed by atoms with Crippen LogP contribution in [0.1, 0.15) is 37.0 Å². The van der Waals surface area contributed by atoms with E-state index in [4.69, 9.17) is 5.73 Å². The molecule has 94 valence electrons. The van der Waals surface area contributed by atoms with Gasteiger partial charge in [-0.15, -0.1) is 11.3 Å². The lowest BCUT2D eigenvalue weighted by atomic mass is 10.0. The SMILES string of the molecule is CC(C(=O)NC1CCCC1CN)c1cccs1. The van der Waals surface area contributed by atoms with Crippen LogP contribution in [0, 0.1) is 5.92 Å². The van der Waals surface area contributed by atoms with Gasteiger partial charge in [0.05, 0.1) is 5.92 Å². The number of rotatable bonds is 4. The average molecular weight is 252 g/mol. The third-order valence-electron chi connectivity index (χ3n) is 3.65. The van der Waals surface area contributed by atoms with E-state index in [0.717, 1.165) is 17.7 Å². The van der Waals surface area contributed by atoms with Crippen molar-refractivity contribution in [3.63, 3.8) is 0 Å². The van der Waals surface area contributed by atoms with Gasteiger partial charge in [-0.3, -0.25) is 4.79 Å². The molecule has 1 aliphatic rings. The molecule has 3 unspecified atom stereocenters. The first kappa shape index (κ1) is 12.6. The Kier molecular flexibility index (Phi) is 4.18. The fraction of sp³-hybridized carbons (Fsp3) is 0.615. The van der Waals surface area contributed by atoms with E-state index in [1.54, 1.807) is 11.3 Å². The van der Waals surface area contributed by atoms with E-state index in [0.29, 0.717) is 12.5 Å². The molecule has 0 radical (unpaired) electrons. The molecule has 1 aromatic rings. The first-order chi connectivity index (χ1) is 8.22. The molecule has 2 rings (SSSR count). The largest absolute Gasteiger partial charge is 0.352 e. The molecule has 0 bridgehead atoms. The summed E-state index contributed by atoms with van der Waals surface area (Å²) < 4.78 is 0. The summed E-state index contributed by atoms with van der Waals surface area (Å²) in [6.45, 7) is 2.64. The Labute approximate surface area is 106 Å². The van der Waals surface area contributed by atoms with Crippen LogP contribution in [0.15, 0.2) is 17.5 Å². The van der Waals surface area contributed by atoms with E-state index >= 15 is 0 Å². The highest BCUT2D eigenvalue weighted by Gasteiger charge is 2.29. The Hall–Kier alpha value is -0.870. The van der Waals surface area contributed by atoms with Crippen molar-refractivity contribution in [2.75, 3.05) is 6.54 Å². The summed E-state index contributed by atoms with van der Waals surface area (Å²) in [7, 11) is 0. The topological polar surface area (TPSA) is 55.1 Å². The average Bonchev–Trinajstić information content (AvgIpc) is 2.98. The van der Waals surface area contributed by atoms with Gasteiger partial charge in [-0.05, 0) is 43.7 Å². The third kappa shape index (κ3) is 2.87. The van der Waals surface area contributed by atoms with Gasteiger partial charge in [0, 0.05) is 10.9 Å². The van der Waals surface area contributed by atoms with E-state index in [1.165, 1.54) is 6.42 Å².